The molecule has 1 aromatic carbocycles. The lowest BCUT2D eigenvalue weighted by Gasteiger charge is -2.24. The number of aryl methyl sites for hydroxylation is 1. The summed E-state index contributed by atoms with van der Waals surface area (Å²) >= 11 is 3.53. The van der Waals surface area contributed by atoms with E-state index in [0.29, 0.717) is 6.61 Å². The summed E-state index contributed by atoms with van der Waals surface area (Å²) in [4.78, 5) is 0. The van der Waals surface area contributed by atoms with Gasteiger partial charge in [-0.05, 0) is 57.4 Å². The van der Waals surface area contributed by atoms with Gasteiger partial charge in [0.25, 0.3) is 0 Å². The average Bonchev–Trinajstić information content (AvgIpc) is 2.31. The highest BCUT2D eigenvalue weighted by Crippen LogP contribution is 2.29. The van der Waals surface area contributed by atoms with Gasteiger partial charge in [0.1, 0.15) is 5.75 Å². The first-order chi connectivity index (χ1) is 9.25. The van der Waals surface area contributed by atoms with E-state index in [1.54, 1.807) is 7.11 Å². The van der Waals surface area contributed by atoms with Crippen LogP contribution in [0.5, 0.6) is 5.75 Å². The van der Waals surface area contributed by atoms with Gasteiger partial charge in [0.2, 0.25) is 0 Å². The minimum Gasteiger partial charge on any atom is -0.493 e. The van der Waals surface area contributed by atoms with Crippen molar-refractivity contribution in [2.75, 3.05) is 13.7 Å². The van der Waals surface area contributed by atoms with Crippen LogP contribution in [0.25, 0.3) is 0 Å². The fourth-order valence-corrected chi connectivity index (χ4v) is 2.62. The standard InChI is InChI=1S/C16H26BrNO2/c1-11-8-14(17)10-13(9-12(2)18)15(11)20-7-6-16(3,4)19-5/h8,10,12H,6-7,9,18H2,1-5H3. The zero-order valence-electron chi connectivity index (χ0n) is 13.1. The molecular formula is C16H26BrNO2. The van der Waals surface area contributed by atoms with Crippen molar-refractivity contribution < 1.29 is 9.47 Å². The monoisotopic (exact) mass is 343 g/mol. The Hall–Kier alpha value is -0.580. The number of benzene rings is 1. The molecule has 0 heterocycles. The molecule has 0 saturated heterocycles. The molecule has 0 fully saturated rings. The van der Waals surface area contributed by atoms with E-state index in [2.05, 4.69) is 48.8 Å². The molecule has 114 valence electrons. The highest BCUT2D eigenvalue weighted by atomic mass is 79.9. The van der Waals surface area contributed by atoms with Crippen LogP contribution in [0.2, 0.25) is 0 Å². The maximum atomic E-state index is 6.01. The molecule has 1 aromatic rings. The number of ether oxygens (including phenoxy) is 2. The molecule has 1 unspecified atom stereocenters. The van der Waals surface area contributed by atoms with Crippen molar-refractivity contribution >= 4 is 15.9 Å². The molecule has 0 radical (unpaired) electrons. The summed E-state index contributed by atoms with van der Waals surface area (Å²) in [6, 6.07) is 4.27. The van der Waals surface area contributed by atoms with Crippen molar-refractivity contribution in [3.63, 3.8) is 0 Å². The number of hydrogen-bond acceptors (Lipinski definition) is 3. The Balaban J connectivity index is 2.82. The van der Waals surface area contributed by atoms with Gasteiger partial charge < -0.3 is 15.2 Å². The molecule has 0 amide bonds. The van der Waals surface area contributed by atoms with E-state index in [-0.39, 0.29) is 11.6 Å². The van der Waals surface area contributed by atoms with Crippen LogP contribution < -0.4 is 10.5 Å². The van der Waals surface area contributed by atoms with Gasteiger partial charge in [0.05, 0.1) is 12.2 Å². The Morgan fingerprint density at radius 3 is 2.55 bits per heavy atom. The second kappa shape index (κ2) is 7.43. The van der Waals surface area contributed by atoms with E-state index in [1.165, 1.54) is 0 Å². The summed E-state index contributed by atoms with van der Waals surface area (Å²) in [5, 5.41) is 0. The Morgan fingerprint density at radius 1 is 1.35 bits per heavy atom. The normalized spacial score (nSPS) is 13.3. The lowest BCUT2D eigenvalue weighted by molar-refractivity contribution is 0.00531. The van der Waals surface area contributed by atoms with Crippen LogP contribution in [0, 0.1) is 6.92 Å². The van der Waals surface area contributed by atoms with Crippen LogP contribution in [0.4, 0.5) is 0 Å². The summed E-state index contributed by atoms with van der Waals surface area (Å²) in [6.45, 7) is 8.83. The summed E-state index contributed by atoms with van der Waals surface area (Å²) in [7, 11) is 1.73. The highest BCUT2D eigenvalue weighted by molar-refractivity contribution is 9.10. The van der Waals surface area contributed by atoms with Crippen molar-refractivity contribution in [1.29, 1.82) is 0 Å². The van der Waals surface area contributed by atoms with Gasteiger partial charge >= 0.3 is 0 Å². The third kappa shape index (κ3) is 5.43. The van der Waals surface area contributed by atoms with Gasteiger partial charge in [-0.1, -0.05) is 15.9 Å². The van der Waals surface area contributed by atoms with Gasteiger partial charge in [0.15, 0.2) is 0 Å². The number of hydrogen-bond donors (Lipinski definition) is 1. The first kappa shape index (κ1) is 17.5. The third-order valence-electron chi connectivity index (χ3n) is 3.36. The maximum absolute atomic E-state index is 6.01. The van der Waals surface area contributed by atoms with Gasteiger partial charge in [-0.3, -0.25) is 0 Å². The molecule has 3 nitrogen and oxygen atoms in total. The second-order valence-electron chi connectivity index (χ2n) is 5.95. The van der Waals surface area contributed by atoms with Crippen LogP contribution in [0.1, 0.15) is 38.3 Å². The largest absolute Gasteiger partial charge is 0.493 e. The van der Waals surface area contributed by atoms with E-state index in [9.17, 15) is 0 Å². The van der Waals surface area contributed by atoms with Gasteiger partial charge in [-0.2, -0.15) is 0 Å². The average molecular weight is 344 g/mol. The Bertz CT molecular complexity index is 444. The topological polar surface area (TPSA) is 44.5 Å². The molecule has 1 atom stereocenters. The van der Waals surface area contributed by atoms with Crippen molar-refractivity contribution in [3.05, 3.63) is 27.7 Å². The second-order valence-corrected chi connectivity index (χ2v) is 6.87. The lowest BCUT2D eigenvalue weighted by atomic mass is 10.0. The minimum atomic E-state index is -0.162. The van der Waals surface area contributed by atoms with Crippen LogP contribution in [0.3, 0.4) is 0 Å². The molecule has 0 aliphatic carbocycles. The molecule has 0 saturated carbocycles. The fourth-order valence-electron chi connectivity index (χ4n) is 2.01. The SMILES string of the molecule is COC(C)(C)CCOc1c(C)cc(Br)cc1CC(C)N. The molecule has 4 heteroatoms. The zero-order valence-corrected chi connectivity index (χ0v) is 14.7. The number of nitrogens with two attached hydrogens (primary N) is 1. The summed E-state index contributed by atoms with van der Waals surface area (Å²) in [5.74, 6) is 0.956. The maximum Gasteiger partial charge on any atom is 0.125 e. The number of rotatable bonds is 7. The quantitative estimate of drug-likeness (QED) is 0.817. The molecule has 0 spiro atoms. The smallest absolute Gasteiger partial charge is 0.125 e. The molecule has 0 aliphatic rings. The van der Waals surface area contributed by atoms with E-state index >= 15 is 0 Å². The van der Waals surface area contributed by atoms with Crippen molar-refractivity contribution in [2.24, 2.45) is 5.73 Å². The molecular weight excluding hydrogens is 318 g/mol. The van der Waals surface area contributed by atoms with E-state index < -0.39 is 0 Å². The summed E-state index contributed by atoms with van der Waals surface area (Å²) in [6.07, 6.45) is 1.65. The lowest BCUT2D eigenvalue weighted by Crippen LogP contribution is -2.25. The fraction of sp³-hybridized carbons (Fsp3) is 0.625. The summed E-state index contributed by atoms with van der Waals surface area (Å²) in [5.41, 5.74) is 8.04. The van der Waals surface area contributed by atoms with Crippen LogP contribution in [-0.2, 0) is 11.2 Å². The van der Waals surface area contributed by atoms with Crippen LogP contribution >= 0.6 is 15.9 Å². The van der Waals surface area contributed by atoms with E-state index in [1.807, 2.05) is 6.92 Å². The van der Waals surface area contributed by atoms with Gasteiger partial charge in [0, 0.05) is 24.0 Å². The predicted molar refractivity (Wildman–Crippen MR) is 87.4 cm³/mol. The molecule has 20 heavy (non-hydrogen) atoms. The van der Waals surface area contributed by atoms with E-state index in [4.69, 9.17) is 15.2 Å². The Kier molecular flexibility index (Phi) is 6.49. The van der Waals surface area contributed by atoms with Gasteiger partial charge in [-0.15, -0.1) is 0 Å². The number of methoxy groups -OCH3 is 1. The van der Waals surface area contributed by atoms with E-state index in [0.717, 1.165) is 34.2 Å². The van der Waals surface area contributed by atoms with Gasteiger partial charge in [-0.25, -0.2) is 0 Å². The molecule has 0 aromatic heterocycles. The summed E-state index contributed by atoms with van der Waals surface area (Å²) < 4.78 is 12.5. The molecule has 2 N–H and O–H groups in total. The van der Waals surface area contributed by atoms with Crippen LogP contribution in [-0.4, -0.2) is 25.4 Å². The first-order valence-corrected chi connectivity index (χ1v) is 7.77. The van der Waals surface area contributed by atoms with Crippen molar-refractivity contribution in [2.45, 2.75) is 52.2 Å². The Morgan fingerprint density at radius 2 is 2.00 bits per heavy atom. The number of halogens is 1. The minimum absolute atomic E-state index is 0.112. The zero-order chi connectivity index (χ0) is 15.3. The van der Waals surface area contributed by atoms with Crippen LogP contribution in [0.15, 0.2) is 16.6 Å². The first-order valence-electron chi connectivity index (χ1n) is 6.97. The molecule has 1 rings (SSSR count). The molecule has 0 bridgehead atoms. The highest BCUT2D eigenvalue weighted by Gasteiger charge is 2.17. The molecule has 0 aliphatic heterocycles. The van der Waals surface area contributed by atoms with Crippen molar-refractivity contribution in [1.82, 2.24) is 0 Å². The van der Waals surface area contributed by atoms with Crippen molar-refractivity contribution in [3.8, 4) is 5.75 Å². The Labute approximate surface area is 131 Å². The predicted octanol–water partition coefficient (Wildman–Crippen LogP) is 3.84. The third-order valence-corrected chi connectivity index (χ3v) is 3.82.